The summed E-state index contributed by atoms with van der Waals surface area (Å²) in [5.74, 6) is 0. The number of halogens is 3. The van der Waals surface area contributed by atoms with E-state index in [0.717, 1.165) is 25.2 Å². The largest absolute Gasteiger partial charge is 0.381 e. The second-order valence-electron chi connectivity index (χ2n) is 4.00. The highest BCUT2D eigenvalue weighted by Crippen LogP contribution is 2.26. The van der Waals surface area contributed by atoms with Gasteiger partial charge in [-0.2, -0.15) is 0 Å². The molecule has 0 unspecified atom stereocenters. The van der Waals surface area contributed by atoms with Gasteiger partial charge in [0, 0.05) is 26.2 Å². The summed E-state index contributed by atoms with van der Waals surface area (Å²) in [6, 6.07) is 12.0. The SMILES string of the molecule is Cc1c(Br)cccc1NCc1cc(Br)ccc1Cl. The zero-order valence-electron chi connectivity index (χ0n) is 9.81. The molecule has 0 spiro atoms. The van der Waals surface area contributed by atoms with Gasteiger partial charge in [0.15, 0.2) is 0 Å². The van der Waals surface area contributed by atoms with Gasteiger partial charge in [-0.15, -0.1) is 0 Å². The van der Waals surface area contributed by atoms with Crippen molar-refractivity contribution in [2.75, 3.05) is 5.32 Å². The molecule has 1 nitrogen and oxygen atoms in total. The standard InChI is InChI=1S/C14H12Br2ClN/c1-9-12(16)3-2-4-14(9)18-8-10-7-11(15)5-6-13(10)17/h2-7,18H,8H2,1H3. The van der Waals surface area contributed by atoms with Crippen LogP contribution in [0.4, 0.5) is 5.69 Å². The molecule has 0 bridgehead atoms. The first-order chi connectivity index (χ1) is 8.58. The van der Waals surface area contributed by atoms with E-state index in [-0.39, 0.29) is 0 Å². The van der Waals surface area contributed by atoms with Gasteiger partial charge in [-0.05, 0) is 48.4 Å². The molecule has 0 atom stereocenters. The summed E-state index contributed by atoms with van der Waals surface area (Å²) >= 11 is 13.1. The van der Waals surface area contributed by atoms with Crippen LogP contribution in [0.2, 0.25) is 5.02 Å². The van der Waals surface area contributed by atoms with Gasteiger partial charge in [-0.3, -0.25) is 0 Å². The van der Waals surface area contributed by atoms with Crippen LogP contribution in [0.25, 0.3) is 0 Å². The summed E-state index contributed by atoms with van der Waals surface area (Å²) in [4.78, 5) is 0. The minimum absolute atomic E-state index is 0.704. The Hall–Kier alpha value is -0.510. The lowest BCUT2D eigenvalue weighted by atomic mass is 10.2. The molecule has 0 aliphatic heterocycles. The van der Waals surface area contributed by atoms with E-state index >= 15 is 0 Å². The molecule has 0 fully saturated rings. The van der Waals surface area contributed by atoms with E-state index in [1.54, 1.807) is 0 Å². The Kier molecular flexibility index (Phi) is 4.71. The van der Waals surface area contributed by atoms with Crippen molar-refractivity contribution in [3.8, 4) is 0 Å². The number of benzene rings is 2. The Morgan fingerprint density at radius 1 is 1.17 bits per heavy atom. The summed E-state index contributed by atoms with van der Waals surface area (Å²) in [6.45, 7) is 2.78. The molecular weight excluding hydrogens is 377 g/mol. The Morgan fingerprint density at radius 3 is 2.72 bits per heavy atom. The number of hydrogen-bond acceptors (Lipinski definition) is 1. The molecule has 0 radical (unpaired) electrons. The van der Waals surface area contributed by atoms with Crippen molar-refractivity contribution < 1.29 is 0 Å². The van der Waals surface area contributed by atoms with Crippen molar-refractivity contribution in [1.82, 2.24) is 0 Å². The number of nitrogens with one attached hydrogen (secondary N) is 1. The van der Waals surface area contributed by atoms with Gasteiger partial charge >= 0.3 is 0 Å². The highest BCUT2D eigenvalue weighted by Gasteiger charge is 2.04. The van der Waals surface area contributed by atoms with E-state index in [1.807, 2.05) is 30.3 Å². The van der Waals surface area contributed by atoms with Gasteiger partial charge in [0.05, 0.1) is 0 Å². The Bertz CT molecular complexity index is 568. The molecule has 18 heavy (non-hydrogen) atoms. The van der Waals surface area contributed by atoms with Crippen LogP contribution in [0, 0.1) is 6.92 Å². The lowest BCUT2D eigenvalue weighted by molar-refractivity contribution is 1.14. The Balaban J connectivity index is 2.16. The maximum absolute atomic E-state index is 6.16. The highest BCUT2D eigenvalue weighted by atomic mass is 79.9. The molecule has 0 aliphatic rings. The number of anilines is 1. The normalized spacial score (nSPS) is 10.4. The minimum Gasteiger partial charge on any atom is -0.381 e. The van der Waals surface area contributed by atoms with E-state index in [1.165, 1.54) is 5.56 Å². The number of hydrogen-bond donors (Lipinski definition) is 1. The molecule has 2 rings (SSSR count). The molecule has 1 N–H and O–H groups in total. The monoisotopic (exact) mass is 387 g/mol. The molecular formula is C14H12Br2ClN. The molecule has 0 aliphatic carbocycles. The van der Waals surface area contributed by atoms with Gasteiger partial charge in [0.2, 0.25) is 0 Å². The van der Waals surface area contributed by atoms with Crippen LogP contribution < -0.4 is 5.32 Å². The van der Waals surface area contributed by atoms with Crippen LogP contribution in [0.1, 0.15) is 11.1 Å². The molecule has 2 aromatic rings. The van der Waals surface area contributed by atoms with Gasteiger partial charge in [0.25, 0.3) is 0 Å². The zero-order valence-corrected chi connectivity index (χ0v) is 13.7. The first-order valence-electron chi connectivity index (χ1n) is 5.51. The Labute approximate surface area is 129 Å². The predicted octanol–water partition coefficient (Wildman–Crippen LogP) is 5.79. The average molecular weight is 390 g/mol. The first kappa shape index (κ1) is 13.9. The van der Waals surface area contributed by atoms with Crippen LogP contribution >= 0.6 is 43.5 Å². The van der Waals surface area contributed by atoms with Crippen LogP contribution in [0.3, 0.4) is 0 Å². The quantitative estimate of drug-likeness (QED) is 0.701. The molecule has 0 aromatic heterocycles. The van der Waals surface area contributed by atoms with Crippen molar-refractivity contribution >= 4 is 49.1 Å². The van der Waals surface area contributed by atoms with Crippen LogP contribution in [-0.2, 0) is 6.54 Å². The Morgan fingerprint density at radius 2 is 1.94 bits per heavy atom. The molecule has 0 saturated heterocycles. The van der Waals surface area contributed by atoms with Crippen molar-refractivity contribution in [1.29, 1.82) is 0 Å². The van der Waals surface area contributed by atoms with Gasteiger partial charge in [-0.25, -0.2) is 0 Å². The third kappa shape index (κ3) is 3.28. The predicted molar refractivity (Wildman–Crippen MR) is 85.4 cm³/mol. The van der Waals surface area contributed by atoms with Crippen LogP contribution in [0.5, 0.6) is 0 Å². The maximum Gasteiger partial charge on any atom is 0.0456 e. The lowest BCUT2D eigenvalue weighted by Gasteiger charge is -2.12. The lowest BCUT2D eigenvalue weighted by Crippen LogP contribution is -2.01. The van der Waals surface area contributed by atoms with Crippen molar-refractivity contribution in [3.63, 3.8) is 0 Å². The molecule has 0 amide bonds. The molecule has 2 aromatic carbocycles. The van der Waals surface area contributed by atoms with Crippen LogP contribution in [0.15, 0.2) is 45.3 Å². The van der Waals surface area contributed by atoms with Gasteiger partial charge in [-0.1, -0.05) is 49.5 Å². The van der Waals surface area contributed by atoms with Crippen molar-refractivity contribution in [2.24, 2.45) is 0 Å². The van der Waals surface area contributed by atoms with Crippen molar-refractivity contribution in [2.45, 2.75) is 13.5 Å². The third-order valence-corrected chi connectivity index (χ3v) is 4.47. The fraction of sp³-hybridized carbons (Fsp3) is 0.143. The van der Waals surface area contributed by atoms with E-state index in [0.29, 0.717) is 6.54 Å². The molecule has 4 heteroatoms. The highest BCUT2D eigenvalue weighted by molar-refractivity contribution is 9.10. The summed E-state index contributed by atoms with van der Waals surface area (Å²) in [7, 11) is 0. The minimum atomic E-state index is 0.704. The molecule has 0 saturated carbocycles. The van der Waals surface area contributed by atoms with Gasteiger partial charge in [0.1, 0.15) is 0 Å². The second-order valence-corrected chi connectivity index (χ2v) is 6.18. The summed E-state index contributed by atoms with van der Waals surface area (Å²) in [5.41, 5.74) is 3.38. The second kappa shape index (κ2) is 6.09. The molecule has 94 valence electrons. The summed E-state index contributed by atoms with van der Waals surface area (Å²) in [6.07, 6.45) is 0. The van der Waals surface area contributed by atoms with E-state index in [9.17, 15) is 0 Å². The topological polar surface area (TPSA) is 12.0 Å². The third-order valence-electron chi connectivity index (χ3n) is 2.74. The average Bonchev–Trinajstić information content (AvgIpc) is 2.35. The fourth-order valence-corrected chi connectivity index (χ4v) is 2.63. The fourth-order valence-electron chi connectivity index (χ4n) is 1.67. The maximum atomic E-state index is 6.16. The first-order valence-corrected chi connectivity index (χ1v) is 7.47. The van der Waals surface area contributed by atoms with Gasteiger partial charge < -0.3 is 5.32 Å². The number of rotatable bonds is 3. The summed E-state index contributed by atoms with van der Waals surface area (Å²) < 4.78 is 2.14. The van der Waals surface area contributed by atoms with Crippen LogP contribution in [-0.4, -0.2) is 0 Å². The van der Waals surface area contributed by atoms with E-state index < -0.39 is 0 Å². The van der Waals surface area contributed by atoms with Crippen molar-refractivity contribution in [3.05, 3.63) is 61.5 Å². The van der Waals surface area contributed by atoms with E-state index in [2.05, 4.69) is 50.2 Å². The summed E-state index contributed by atoms with van der Waals surface area (Å²) in [5, 5.41) is 4.18. The zero-order chi connectivity index (χ0) is 13.1. The van der Waals surface area contributed by atoms with E-state index in [4.69, 9.17) is 11.6 Å². The molecule has 0 heterocycles. The smallest absolute Gasteiger partial charge is 0.0456 e.